The highest BCUT2D eigenvalue weighted by Crippen LogP contribution is 2.22. The van der Waals surface area contributed by atoms with E-state index in [9.17, 15) is 0 Å². The molecule has 0 spiro atoms. The summed E-state index contributed by atoms with van der Waals surface area (Å²) in [6.07, 6.45) is 3.21. The Morgan fingerprint density at radius 2 is 1.95 bits per heavy atom. The van der Waals surface area contributed by atoms with Gasteiger partial charge < -0.3 is 15.1 Å². The number of para-hydroxylation sites is 1. The van der Waals surface area contributed by atoms with Gasteiger partial charge in [-0.15, -0.1) is 5.10 Å². The van der Waals surface area contributed by atoms with E-state index in [0.29, 0.717) is 11.9 Å². The standard InChI is InChI=1S/C16H24N4O/c1-4-8-13-9-6-7-10-14(13)18-16-20-19-15(21-16)12(3)17-11-5-2/h6-7,9-10,12,17H,4-5,8,11H2,1-3H3,(H,18,20). The number of aryl methyl sites for hydroxylation is 1. The largest absolute Gasteiger partial charge is 0.406 e. The van der Waals surface area contributed by atoms with E-state index in [4.69, 9.17) is 4.42 Å². The maximum Gasteiger partial charge on any atom is 0.320 e. The number of anilines is 2. The van der Waals surface area contributed by atoms with Gasteiger partial charge in [0, 0.05) is 5.69 Å². The second-order valence-corrected chi connectivity index (χ2v) is 5.15. The molecule has 5 heteroatoms. The summed E-state index contributed by atoms with van der Waals surface area (Å²) >= 11 is 0. The van der Waals surface area contributed by atoms with Crippen LogP contribution in [0.1, 0.15) is 51.1 Å². The van der Waals surface area contributed by atoms with Crippen LogP contribution in [-0.2, 0) is 6.42 Å². The van der Waals surface area contributed by atoms with Crippen molar-refractivity contribution in [3.63, 3.8) is 0 Å². The van der Waals surface area contributed by atoms with Gasteiger partial charge >= 0.3 is 6.01 Å². The fourth-order valence-electron chi connectivity index (χ4n) is 2.15. The van der Waals surface area contributed by atoms with E-state index in [1.165, 1.54) is 5.56 Å². The fourth-order valence-corrected chi connectivity index (χ4v) is 2.15. The van der Waals surface area contributed by atoms with E-state index < -0.39 is 0 Å². The molecule has 1 heterocycles. The number of rotatable bonds is 8. The van der Waals surface area contributed by atoms with Crippen molar-refractivity contribution < 1.29 is 4.42 Å². The van der Waals surface area contributed by atoms with Gasteiger partial charge in [-0.05, 0) is 37.9 Å². The molecule has 0 bridgehead atoms. The van der Waals surface area contributed by atoms with Gasteiger partial charge in [0.15, 0.2) is 0 Å². The second kappa shape index (κ2) is 7.78. The van der Waals surface area contributed by atoms with Gasteiger partial charge in [-0.1, -0.05) is 43.6 Å². The van der Waals surface area contributed by atoms with Crippen molar-refractivity contribution in [3.8, 4) is 0 Å². The molecule has 0 aliphatic rings. The molecule has 5 nitrogen and oxygen atoms in total. The highest BCUT2D eigenvalue weighted by molar-refractivity contribution is 5.57. The van der Waals surface area contributed by atoms with Crippen LogP contribution < -0.4 is 10.6 Å². The van der Waals surface area contributed by atoms with Crippen LogP contribution in [-0.4, -0.2) is 16.7 Å². The highest BCUT2D eigenvalue weighted by Gasteiger charge is 2.13. The Hall–Kier alpha value is -1.88. The number of hydrogen-bond acceptors (Lipinski definition) is 5. The van der Waals surface area contributed by atoms with Crippen LogP contribution in [0, 0.1) is 0 Å². The van der Waals surface area contributed by atoms with Gasteiger partial charge in [0.1, 0.15) is 0 Å². The Labute approximate surface area is 126 Å². The Morgan fingerprint density at radius 3 is 2.71 bits per heavy atom. The average molecular weight is 288 g/mol. The molecule has 0 aliphatic heterocycles. The van der Waals surface area contributed by atoms with Gasteiger partial charge in [0.05, 0.1) is 6.04 Å². The molecule has 1 aromatic heterocycles. The zero-order valence-corrected chi connectivity index (χ0v) is 13.0. The summed E-state index contributed by atoms with van der Waals surface area (Å²) in [6.45, 7) is 7.26. The van der Waals surface area contributed by atoms with Crippen molar-refractivity contribution in [3.05, 3.63) is 35.7 Å². The predicted octanol–water partition coefficient (Wildman–Crippen LogP) is 3.83. The Balaban J connectivity index is 2.05. The summed E-state index contributed by atoms with van der Waals surface area (Å²) in [4.78, 5) is 0. The summed E-state index contributed by atoms with van der Waals surface area (Å²) < 4.78 is 5.68. The minimum Gasteiger partial charge on any atom is -0.406 e. The van der Waals surface area contributed by atoms with E-state index in [0.717, 1.165) is 31.5 Å². The minimum atomic E-state index is 0.0684. The molecular weight excluding hydrogens is 264 g/mol. The number of nitrogens with one attached hydrogen (secondary N) is 2. The fraction of sp³-hybridized carbons (Fsp3) is 0.500. The second-order valence-electron chi connectivity index (χ2n) is 5.15. The maximum atomic E-state index is 5.68. The molecule has 114 valence electrons. The highest BCUT2D eigenvalue weighted by atomic mass is 16.4. The zero-order valence-electron chi connectivity index (χ0n) is 13.0. The first-order chi connectivity index (χ1) is 10.2. The third-order valence-electron chi connectivity index (χ3n) is 3.29. The number of hydrogen-bond donors (Lipinski definition) is 2. The van der Waals surface area contributed by atoms with Crippen LogP contribution in [0.3, 0.4) is 0 Å². The molecule has 0 saturated carbocycles. The summed E-state index contributed by atoms with van der Waals surface area (Å²) in [5, 5.41) is 14.7. The number of aromatic nitrogens is 2. The SMILES string of the molecule is CCCNC(C)c1nnc(Nc2ccccc2CCC)o1. The first-order valence-electron chi connectivity index (χ1n) is 7.66. The third kappa shape index (κ3) is 4.29. The molecule has 2 aromatic rings. The topological polar surface area (TPSA) is 63.0 Å². The minimum absolute atomic E-state index is 0.0684. The van der Waals surface area contributed by atoms with Crippen molar-refractivity contribution in [2.45, 2.75) is 46.1 Å². The van der Waals surface area contributed by atoms with E-state index >= 15 is 0 Å². The quantitative estimate of drug-likeness (QED) is 0.773. The maximum absolute atomic E-state index is 5.68. The van der Waals surface area contributed by atoms with Crippen LogP contribution in [0.2, 0.25) is 0 Å². The lowest BCUT2D eigenvalue weighted by molar-refractivity contribution is 0.424. The molecule has 1 aromatic carbocycles. The Kier molecular flexibility index (Phi) is 5.75. The lowest BCUT2D eigenvalue weighted by atomic mass is 10.1. The van der Waals surface area contributed by atoms with E-state index in [2.05, 4.69) is 40.7 Å². The lowest BCUT2D eigenvalue weighted by Gasteiger charge is -2.09. The number of nitrogens with zero attached hydrogens (tertiary/aromatic N) is 2. The van der Waals surface area contributed by atoms with Gasteiger partial charge in [-0.2, -0.15) is 0 Å². The molecule has 0 aliphatic carbocycles. The van der Waals surface area contributed by atoms with Crippen LogP contribution in [0.25, 0.3) is 0 Å². The van der Waals surface area contributed by atoms with Gasteiger partial charge in [-0.3, -0.25) is 0 Å². The lowest BCUT2D eigenvalue weighted by Crippen LogP contribution is -2.19. The first kappa shape index (κ1) is 15.5. The van der Waals surface area contributed by atoms with Crippen molar-refractivity contribution in [1.29, 1.82) is 0 Å². The average Bonchev–Trinajstić information content (AvgIpc) is 2.96. The molecule has 1 atom stereocenters. The predicted molar refractivity (Wildman–Crippen MR) is 84.7 cm³/mol. The Bertz CT molecular complexity index is 553. The van der Waals surface area contributed by atoms with Gasteiger partial charge in [-0.25, -0.2) is 0 Å². The van der Waals surface area contributed by atoms with Crippen LogP contribution in [0.5, 0.6) is 0 Å². The van der Waals surface area contributed by atoms with E-state index in [1.54, 1.807) is 0 Å². The normalized spacial score (nSPS) is 12.3. The molecule has 21 heavy (non-hydrogen) atoms. The molecule has 2 rings (SSSR count). The molecule has 2 N–H and O–H groups in total. The molecular formula is C16H24N4O. The van der Waals surface area contributed by atoms with Gasteiger partial charge in [0.2, 0.25) is 5.89 Å². The first-order valence-corrected chi connectivity index (χ1v) is 7.66. The third-order valence-corrected chi connectivity index (χ3v) is 3.29. The van der Waals surface area contributed by atoms with Gasteiger partial charge in [0.25, 0.3) is 0 Å². The van der Waals surface area contributed by atoms with Crippen LogP contribution >= 0.6 is 0 Å². The van der Waals surface area contributed by atoms with Crippen molar-refractivity contribution >= 4 is 11.7 Å². The molecule has 0 radical (unpaired) electrons. The summed E-state index contributed by atoms with van der Waals surface area (Å²) in [5.74, 6) is 0.610. The molecule has 0 amide bonds. The van der Waals surface area contributed by atoms with Crippen molar-refractivity contribution in [2.75, 3.05) is 11.9 Å². The van der Waals surface area contributed by atoms with Crippen molar-refractivity contribution in [2.24, 2.45) is 0 Å². The van der Waals surface area contributed by atoms with Crippen LogP contribution in [0.4, 0.5) is 11.7 Å². The summed E-state index contributed by atoms with van der Waals surface area (Å²) in [5.41, 5.74) is 2.29. The number of benzene rings is 1. The zero-order chi connectivity index (χ0) is 15.1. The van der Waals surface area contributed by atoms with E-state index in [-0.39, 0.29) is 6.04 Å². The monoisotopic (exact) mass is 288 g/mol. The summed E-state index contributed by atoms with van der Waals surface area (Å²) in [6, 6.07) is 8.72. The molecule has 0 fully saturated rings. The van der Waals surface area contributed by atoms with E-state index in [1.807, 2.05) is 25.1 Å². The van der Waals surface area contributed by atoms with Crippen molar-refractivity contribution in [1.82, 2.24) is 15.5 Å². The van der Waals surface area contributed by atoms with Crippen LogP contribution in [0.15, 0.2) is 28.7 Å². The molecule has 0 saturated heterocycles. The smallest absolute Gasteiger partial charge is 0.320 e. The molecule has 1 unspecified atom stereocenters. The summed E-state index contributed by atoms with van der Waals surface area (Å²) in [7, 11) is 0. The Morgan fingerprint density at radius 1 is 1.14 bits per heavy atom.